The number of carbonyl (C=O) groups excluding carboxylic acids is 1. The van der Waals surface area contributed by atoms with E-state index in [1.165, 1.54) is 12.1 Å². The van der Waals surface area contributed by atoms with Gasteiger partial charge in [-0.1, -0.05) is 12.8 Å². The van der Waals surface area contributed by atoms with Crippen molar-refractivity contribution in [1.82, 2.24) is 5.32 Å². The van der Waals surface area contributed by atoms with E-state index in [-0.39, 0.29) is 17.1 Å². The van der Waals surface area contributed by atoms with Crippen LogP contribution >= 0.6 is 0 Å². The number of nitrogens with zero attached hydrogens (tertiary/aromatic N) is 1. The number of rotatable bonds is 4. The van der Waals surface area contributed by atoms with E-state index < -0.39 is 4.92 Å². The molecule has 1 aliphatic rings. The molecule has 0 aromatic heterocycles. The molecule has 0 bridgehead atoms. The van der Waals surface area contributed by atoms with Gasteiger partial charge in [0.2, 0.25) is 0 Å². The third-order valence-electron chi connectivity index (χ3n) is 3.85. The molecular formula is C14H19N3O3. The number of non-ortho nitro benzene ring substituents is 1. The van der Waals surface area contributed by atoms with Crippen molar-refractivity contribution in [3.63, 3.8) is 0 Å². The van der Waals surface area contributed by atoms with Crippen molar-refractivity contribution in [2.75, 3.05) is 12.4 Å². The maximum Gasteiger partial charge on any atom is 0.270 e. The molecule has 108 valence electrons. The maximum absolute atomic E-state index is 12.4. The summed E-state index contributed by atoms with van der Waals surface area (Å²) in [4.78, 5) is 22.7. The van der Waals surface area contributed by atoms with E-state index in [2.05, 4.69) is 10.6 Å². The van der Waals surface area contributed by atoms with Crippen LogP contribution in [0.3, 0.4) is 0 Å². The average Bonchev–Trinajstić information content (AvgIpc) is 2.84. The molecule has 0 spiro atoms. The molecule has 6 nitrogen and oxygen atoms in total. The predicted molar refractivity (Wildman–Crippen MR) is 77.0 cm³/mol. The molecule has 2 rings (SSSR count). The summed E-state index contributed by atoms with van der Waals surface area (Å²) >= 11 is 0. The second-order valence-corrected chi connectivity index (χ2v) is 5.46. The topological polar surface area (TPSA) is 84.3 Å². The molecule has 0 radical (unpaired) electrons. The lowest BCUT2D eigenvalue weighted by molar-refractivity contribution is -0.384. The summed E-state index contributed by atoms with van der Waals surface area (Å²) < 4.78 is 0. The van der Waals surface area contributed by atoms with Crippen LogP contribution < -0.4 is 10.6 Å². The lowest BCUT2D eigenvalue weighted by Gasteiger charge is -2.25. The Labute approximate surface area is 117 Å². The highest BCUT2D eigenvalue weighted by Crippen LogP contribution is 2.30. The smallest absolute Gasteiger partial charge is 0.270 e. The zero-order valence-electron chi connectivity index (χ0n) is 11.7. The highest BCUT2D eigenvalue weighted by atomic mass is 16.6. The van der Waals surface area contributed by atoms with E-state index in [0.29, 0.717) is 11.3 Å². The quantitative estimate of drug-likeness (QED) is 0.654. The zero-order valence-corrected chi connectivity index (χ0v) is 11.7. The molecule has 0 atom stereocenters. The Bertz CT molecular complexity index is 536. The van der Waals surface area contributed by atoms with Crippen LogP contribution in [0.1, 0.15) is 43.0 Å². The number of anilines is 1. The molecule has 20 heavy (non-hydrogen) atoms. The van der Waals surface area contributed by atoms with Crippen molar-refractivity contribution in [2.24, 2.45) is 0 Å². The Morgan fingerprint density at radius 2 is 2.00 bits per heavy atom. The Morgan fingerprint density at radius 1 is 1.35 bits per heavy atom. The minimum Gasteiger partial charge on any atom is -0.387 e. The van der Waals surface area contributed by atoms with Gasteiger partial charge in [0.25, 0.3) is 11.6 Å². The predicted octanol–water partition coefficient (Wildman–Crippen LogP) is 2.70. The van der Waals surface area contributed by atoms with Gasteiger partial charge in [-0.15, -0.1) is 0 Å². The first-order valence-electron chi connectivity index (χ1n) is 6.74. The van der Waals surface area contributed by atoms with Crippen LogP contribution in [0.25, 0.3) is 0 Å². The van der Waals surface area contributed by atoms with Gasteiger partial charge in [-0.25, -0.2) is 0 Å². The molecular weight excluding hydrogens is 258 g/mol. The molecule has 1 aromatic carbocycles. The Balaban J connectivity index is 2.27. The number of benzene rings is 1. The molecule has 1 amide bonds. The van der Waals surface area contributed by atoms with Crippen LogP contribution in [0.2, 0.25) is 0 Å². The van der Waals surface area contributed by atoms with Gasteiger partial charge < -0.3 is 10.6 Å². The maximum atomic E-state index is 12.4. The standard InChI is InChI=1S/C14H19N3O3/c1-14(7-3-4-8-14)16-13(18)11-9-10(17(19)20)5-6-12(11)15-2/h5-6,9,15H,3-4,7-8H2,1-2H3,(H,16,18). The Kier molecular flexibility index (Phi) is 3.92. The first-order valence-corrected chi connectivity index (χ1v) is 6.74. The zero-order chi connectivity index (χ0) is 14.8. The minimum atomic E-state index is -0.493. The molecule has 2 N–H and O–H groups in total. The van der Waals surface area contributed by atoms with Crippen molar-refractivity contribution < 1.29 is 9.72 Å². The van der Waals surface area contributed by atoms with E-state index in [9.17, 15) is 14.9 Å². The van der Waals surface area contributed by atoms with E-state index in [1.54, 1.807) is 13.1 Å². The van der Waals surface area contributed by atoms with Gasteiger partial charge in [0.15, 0.2) is 0 Å². The SMILES string of the molecule is CNc1ccc([N+](=O)[O-])cc1C(=O)NC1(C)CCCC1. The molecule has 1 aromatic rings. The van der Waals surface area contributed by atoms with Crippen LogP contribution in [0.4, 0.5) is 11.4 Å². The molecule has 1 fully saturated rings. The van der Waals surface area contributed by atoms with Crippen molar-refractivity contribution in [1.29, 1.82) is 0 Å². The second-order valence-electron chi connectivity index (χ2n) is 5.46. The lowest BCUT2D eigenvalue weighted by atomic mass is 9.99. The molecule has 0 saturated heterocycles. The minimum absolute atomic E-state index is 0.0780. The lowest BCUT2D eigenvalue weighted by Crippen LogP contribution is -2.43. The number of nitro groups is 1. The summed E-state index contributed by atoms with van der Waals surface area (Å²) in [6.45, 7) is 2.02. The number of carbonyl (C=O) groups is 1. The first kappa shape index (κ1) is 14.3. The average molecular weight is 277 g/mol. The number of nitro benzene ring substituents is 1. The summed E-state index contributed by atoms with van der Waals surface area (Å²) in [6, 6.07) is 4.27. The van der Waals surface area contributed by atoms with Crippen molar-refractivity contribution in [3.8, 4) is 0 Å². The normalized spacial score (nSPS) is 16.7. The van der Waals surface area contributed by atoms with Crippen LogP contribution in [0.15, 0.2) is 18.2 Å². The number of hydrogen-bond acceptors (Lipinski definition) is 4. The van der Waals surface area contributed by atoms with E-state index in [4.69, 9.17) is 0 Å². The van der Waals surface area contributed by atoms with Gasteiger partial charge in [-0.2, -0.15) is 0 Å². The van der Waals surface area contributed by atoms with E-state index >= 15 is 0 Å². The Morgan fingerprint density at radius 3 is 2.55 bits per heavy atom. The number of hydrogen-bond donors (Lipinski definition) is 2. The first-order chi connectivity index (χ1) is 9.45. The highest BCUT2D eigenvalue weighted by molar-refractivity contribution is 6.00. The monoisotopic (exact) mass is 277 g/mol. The van der Waals surface area contributed by atoms with Crippen LogP contribution in [-0.4, -0.2) is 23.4 Å². The van der Waals surface area contributed by atoms with Gasteiger partial charge in [-0.05, 0) is 25.8 Å². The Hall–Kier alpha value is -2.11. The van der Waals surface area contributed by atoms with Crippen molar-refractivity contribution >= 4 is 17.3 Å². The van der Waals surface area contributed by atoms with Crippen molar-refractivity contribution in [2.45, 2.75) is 38.1 Å². The molecule has 6 heteroatoms. The number of amides is 1. The van der Waals surface area contributed by atoms with Crippen LogP contribution in [0, 0.1) is 10.1 Å². The number of nitrogens with one attached hydrogen (secondary N) is 2. The van der Waals surface area contributed by atoms with Gasteiger partial charge in [0.1, 0.15) is 0 Å². The van der Waals surface area contributed by atoms with Crippen molar-refractivity contribution in [3.05, 3.63) is 33.9 Å². The van der Waals surface area contributed by atoms with E-state index in [0.717, 1.165) is 25.7 Å². The molecule has 0 heterocycles. The third-order valence-corrected chi connectivity index (χ3v) is 3.85. The largest absolute Gasteiger partial charge is 0.387 e. The molecule has 0 unspecified atom stereocenters. The summed E-state index contributed by atoms with van der Waals surface area (Å²) in [5.74, 6) is -0.262. The van der Waals surface area contributed by atoms with E-state index in [1.807, 2.05) is 6.92 Å². The second kappa shape index (κ2) is 5.48. The third kappa shape index (κ3) is 2.89. The van der Waals surface area contributed by atoms with Gasteiger partial charge >= 0.3 is 0 Å². The van der Waals surface area contributed by atoms with Gasteiger partial charge in [0.05, 0.1) is 10.5 Å². The fraction of sp³-hybridized carbons (Fsp3) is 0.500. The fourth-order valence-electron chi connectivity index (χ4n) is 2.67. The molecule has 1 saturated carbocycles. The summed E-state index contributed by atoms with van der Waals surface area (Å²) in [5.41, 5.74) is 0.627. The highest BCUT2D eigenvalue weighted by Gasteiger charge is 2.31. The summed E-state index contributed by atoms with van der Waals surface area (Å²) in [5, 5.41) is 16.7. The fourth-order valence-corrected chi connectivity index (χ4v) is 2.67. The summed E-state index contributed by atoms with van der Waals surface area (Å²) in [7, 11) is 1.69. The molecule has 0 aliphatic heterocycles. The van der Waals surface area contributed by atoms with Gasteiger partial charge in [0, 0.05) is 30.4 Å². The van der Waals surface area contributed by atoms with Gasteiger partial charge in [-0.3, -0.25) is 14.9 Å². The van der Waals surface area contributed by atoms with Crippen LogP contribution in [0.5, 0.6) is 0 Å². The molecule has 1 aliphatic carbocycles. The van der Waals surface area contributed by atoms with Crippen LogP contribution in [-0.2, 0) is 0 Å². The summed E-state index contributed by atoms with van der Waals surface area (Å²) in [6.07, 6.45) is 4.10.